The summed E-state index contributed by atoms with van der Waals surface area (Å²) in [6.07, 6.45) is 0.762. The first-order chi connectivity index (χ1) is 15.1. The average molecular weight is 481 g/mol. The van der Waals surface area contributed by atoms with E-state index in [1.807, 2.05) is 54.6 Å². The van der Waals surface area contributed by atoms with Crippen LogP contribution in [0.15, 0.2) is 77.3 Å². The molecule has 0 saturated carbocycles. The highest BCUT2D eigenvalue weighted by molar-refractivity contribution is 9.10. The van der Waals surface area contributed by atoms with Crippen molar-refractivity contribution in [1.82, 2.24) is 0 Å². The Balaban J connectivity index is 1.41. The normalized spacial score (nSPS) is 12.7. The number of halogens is 1. The molecule has 0 saturated heterocycles. The van der Waals surface area contributed by atoms with E-state index >= 15 is 0 Å². The van der Waals surface area contributed by atoms with E-state index in [0.29, 0.717) is 29.5 Å². The number of benzene rings is 3. The standard InChI is InChI=1S/C24H21BrN2O4/c25-18-10-11-20-22(14-18)31-16-24(29)27(20)15-23(28)26-19-8-4-5-9-21(19)30-13-12-17-6-2-1-3-7-17/h1-11,14H,12-13,15-16H2,(H,26,28). The lowest BCUT2D eigenvalue weighted by Gasteiger charge is -2.29. The van der Waals surface area contributed by atoms with Crippen molar-refractivity contribution < 1.29 is 19.1 Å². The van der Waals surface area contributed by atoms with E-state index in [2.05, 4.69) is 21.2 Å². The molecule has 3 aromatic rings. The fourth-order valence-corrected chi connectivity index (χ4v) is 3.64. The highest BCUT2D eigenvalue weighted by atomic mass is 79.9. The molecule has 0 atom stereocenters. The number of hydrogen-bond donors (Lipinski definition) is 1. The van der Waals surface area contributed by atoms with Crippen LogP contribution in [0.3, 0.4) is 0 Å². The van der Waals surface area contributed by atoms with Crippen molar-refractivity contribution in [3.05, 3.63) is 82.8 Å². The molecular formula is C24H21BrN2O4. The van der Waals surface area contributed by atoms with Crippen molar-refractivity contribution in [3.63, 3.8) is 0 Å². The molecule has 0 fully saturated rings. The van der Waals surface area contributed by atoms with Crippen molar-refractivity contribution in [2.45, 2.75) is 6.42 Å². The largest absolute Gasteiger partial charge is 0.491 e. The minimum atomic E-state index is -0.316. The topological polar surface area (TPSA) is 67.9 Å². The molecule has 6 nitrogen and oxygen atoms in total. The molecule has 0 aliphatic carbocycles. The number of hydrogen-bond acceptors (Lipinski definition) is 4. The maximum atomic E-state index is 12.7. The molecule has 0 spiro atoms. The summed E-state index contributed by atoms with van der Waals surface area (Å²) in [7, 11) is 0. The molecule has 1 aliphatic rings. The van der Waals surface area contributed by atoms with E-state index in [9.17, 15) is 9.59 Å². The molecule has 0 aromatic heterocycles. The number of nitrogens with zero attached hydrogens (tertiary/aromatic N) is 1. The maximum absolute atomic E-state index is 12.7. The van der Waals surface area contributed by atoms with E-state index in [0.717, 1.165) is 10.9 Å². The third-order valence-corrected chi connectivity index (χ3v) is 5.31. The molecule has 1 aliphatic heterocycles. The lowest BCUT2D eigenvalue weighted by molar-refractivity contribution is -0.123. The third kappa shape index (κ3) is 5.24. The number of carbonyl (C=O) groups is 2. The van der Waals surface area contributed by atoms with E-state index in [1.165, 1.54) is 10.5 Å². The number of rotatable bonds is 7. The molecule has 2 amide bonds. The first kappa shape index (κ1) is 20.9. The first-order valence-electron chi connectivity index (χ1n) is 9.88. The van der Waals surface area contributed by atoms with Crippen molar-refractivity contribution in [2.24, 2.45) is 0 Å². The van der Waals surface area contributed by atoms with Crippen LogP contribution >= 0.6 is 15.9 Å². The van der Waals surface area contributed by atoms with Crippen LogP contribution in [0.4, 0.5) is 11.4 Å². The van der Waals surface area contributed by atoms with Crippen LogP contribution < -0.4 is 19.7 Å². The predicted octanol–water partition coefficient (Wildman–Crippen LogP) is 4.43. The second kappa shape index (κ2) is 9.66. The van der Waals surface area contributed by atoms with Crippen LogP contribution in [0.5, 0.6) is 11.5 Å². The highest BCUT2D eigenvalue weighted by Gasteiger charge is 2.27. The van der Waals surface area contributed by atoms with Gasteiger partial charge in [0.2, 0.25) is 5.91 Å². The van der Waals surface area contributed by atoms with Gasteiger partial charge in [-0.15, -0.1) is 0 Å². The van der Waals surface area contributed by atoms with Gasteiger partial charge in [-0.25, -0.2) is 0 Å². The monoisotopic (exact) mass is 480 g/mol. The predicted molar refractivity (Wildman–Crippen MR) is 123 cm³/mol. The number of fused-ring (bicyclic) bond motifs is 1. The summed E-state index contributed by atoms with van der Waals surface area (Å²) < 4.78 is 12.2. The van der Waals surface area contributed by atoms with E-state index in [1.54, 1.807) is 18.2 Å². The summed E-state index contributed by atoms with van der Waals surface area (Å²) >= 11 is 3.39. The van der Waals surface area contributed by atoms with Gasteiger partial charge < -0.3 is 14.8 Å². The summed E-state index contributed by atoms with van der Waals surface area (Å²) in [5.41, 5.74) is 2.32. The number of nitrogens with one attached hydrogen (secondary N) is 1. The maximum Gasteiger partial charge on any atom is 0.265 e. The molecule has 3 aromatic carbocycles. The summed E-state index contributed by atoms with van der Waals surface area (Å²) in [6.45, 7) is 0.270. The Morgan fingerprint density at radius 2 is 1.84 bits per heavy atom. The fraction of sp³-hybridized carbons (Fsp3) is 0.167. The van der Waals surface area contributed by atoms with Gasteiger partial charge in [-0.2, -0.15) is 0 Å². The van der Waals surface area contributed by atoms with Crippen LogP contribution in [0.1, 0.15) is 5.56 Å². The quantitative estimate of drug-likeness (QED) is 0.542. The van der Waals surface area contributed by atoms with Gasteiger partial charge in [-0.1, -0.05) is 58.4 Å². The molecule has 158 valence electrons. The van der Waals surface area contributed by atoms with Gasteiger partial charge in [-0.3, -0.25) is 14.5 Å². The summed E-state index contributed by atoms with van der Waals surface area (Å²) in [5, 5.41) is 2.86. The second-order valence-corrected chi connectivity index (χ2v) is 7.92. The lowest BCUT2D eigenvalue weighted by Crippen LogP contribution is -2.43. The number of carbonyl (C=O) groups excluding carboxylic acids is 2. The molecule has 31 heavy (non-hydrogen) atoms. The minimum Gasteiger partial charge on any atom is -0.491 e. The molecular weight excluding hydrogens is 460 g/mol. The highest BCUT2D eigenvalue weighted by Crippen LogP contribution is 2.34. The van der Waals surface area contributed by atoms with Crippen LogP contribution in [0.2, 0.25) is 0 Å². The van der Waals surface area contributed by atoms with E-state index in [4.69, 9.17) is 9.47 Å². The molecule has 0 radical (unpaired) electrons. The second-order valence-electron chi connectivity index (χ2n) is 7.01. The van der Waals surface area contributed by atoms with Crippen LogP contribution in [0, 0.1) is 0 Å². The smallest absolute Gasteiger partial charge is 0.265 e. The van der Waals surface area contributed by atoms with Crippen molar-refractivity contribution in [2.75, 3.05) is 30.0 Å². The number of amides is 2. The fourth-order valence-electron chi connectivity index (χ4n) is 3.30. The van der Waals surface area contributed by atoms with Gasteiger partial charge >= 0.3 is 0 Å². The molecule has 4 rings (SSSR count). The van der Waals surface area contributed by atoms with Gasteiger partial charge in [-0.05, 0) is 35.9 Å². The summed E-state index contributed by atoms with van der Waals surface area (Å²) in [4.78, 5) is 26.5. The minimum absolute atomic E-state index is 0.101. The van der Waals surface area contributed by atoms with Gasteiger partial charge in [0.1, 0.15) is 18.0 Å². The van der Waals surface area contributed by atoms with Crippen molar-refractivity contribution in [1.29, 1.82) is 0 Å². The number of para-hydroxylation sites is 2. The Kier molecular flexibility index (Phi) is 6.52. The molecule has 1 N–H and O–H groups in total. The van der Waals surface area contributed by atoms with Gasteiger partial charge in [0.05, 0.1) is 18.0 Å². The van der Waals surface area contributed by atoms with Crippen LogP contribution in [-0.2, 0) is 16.0 Å². The SMILES string of the molecule is O=C(CN1C(=O)COc2cc(Br)ccc21)Nc1ccccc1OCCc1ccccc1. The van der Waals surface area contributed by atoms with Crippen LogP contribution in [-0.4, -0.2) is 31.6 Å². The van der Waals surface area contributed by atoms with E-state index < -0.39 is 0 Å². The van der Waals surface area contributed by atoms with Gasteiger partial charge in [0.15, 0.2) is 6.61 Å². The van der Waals surface area contributed by atoms with E-state index in [-0.39, 0.29) is 25.0 Å². The third-order valence-electron chi connectivity index (χ3n) is 4.82. The zero-order valence-electron chi connectivity index (χ0n) is 16.7. The average Bonchev–Trinajstić information content (AvgIpc) is 2.77. The first-order valence-corrected chi connectivity index (χ1v) is 10.7. The number of anilines is 2. The van der Waals surface area contributed by atoms with Gasteiger partial charge in [0.25, 0.3) is 5.91 Å². The number of ether oxygens (including phenoxy) is 2. The Morgan fingerprint density at radius 3 is 2.68 bits per heavy atom. The zero-order valence-corrected chi connectivity index (χ0v) is 18.3. The van der Waals surface area contributed by atoms with Crippen molar-refractivity contribution in [3.8, 4) is 11.5 Å². The Labute approximate surface area is 188 Å². The van der Waals surface area contributed by atoms with Crippen molar-refractivity contribution >= 4 is 39.1 Å². The van der Waals surface area contributed by atoms with Gasteiger partial charge in [0, 0.05) is 10.9 Å². The molecule has 1 heterocycles. The zero-order chi connectivity index (χ0) is 21.6. The Bertz CT molecular complexity index is 1090. The summed E-state index contributed by atoms with van der Waals surface area (Å²) in [6, 6.07) is 22.7. The summed E-state index contributed by atoms with van der Waals surface area (Å²) in [5.74, 6) is 0.566. The lowest BCUT2D eigenvalue weighted by atomic mass is 10.2. The molecule has 0 unspecified atom stereocenters. The Morgan fingerprint density at radius 1 is 1.06 bits per heavy atom. The molecule has 7 heteroatoms. The molecule has 0 bridgehead atoms. The van der Waals surface area contributed by atoms with Crippen LogP contribution in [0.25, 0.3) is 0 Å². The Hall–Kier alpha value is -3.32.